The molecular formula is C34H50N2O4. The highest BCUT2D eigenvalue weighted by Gasteiger charge is 2.41. The van der Waals surface area contributed by atoms with Crippen LogP contribution in [0.3, 0.4) is 0 Å². The van der Waals surface area contributed by atoms with Gasteiger partial charge in [-0.3, -0.25) is 14.5 Å². The molecule has 0 spiro atoms. The lowest BCUT2D eigenvalue weighted by molar-refractivity contribution is -0.150. The predicted molar refractivity (Wildman–Crippen MR) is 160 cm³/mol. The minimum absolute atomic E-state index is 0.00813. The minimum Gasteiger partial charge on any atom is -0.466 e. The smallest absolute Gasteiger partial charge is 0.309 e. The van der Waals surface area contributed by atoms with Crippen LogP contribution in [0.25, 0.3) is 0 Å². The molecule has 2 aliphatic rings. The second kappa shape index (κ2) is 16.5. The van der Waals surface area contributed by atoms with E-state index in [2.05, 4.69) is 79.4 Å². The summed E-state index contributed by atoms with van der Waals surface area (Å²) in [6.07, 6.45) is 5.80. The molecule has 2 saturated carbocycles. The van der Waals surface area contributed by atoms with Crippen LogP contribution in [0.15, 0.2) is 60.7 Å². The van der Waals surface area contributed by atoms with Gasteiger partial charge in [0, 0.05) is 25.2 Å². The predicted octanol–water partition coefficient (Wildman–Crippen LogP) is 6.37. The van der Waals surface area contributed by atoms with E-state index in [9.17, 15) is 9.59 Å². The summed E-state index contributed by atoms with van der Waals surface area (Å²) < 4.78 is 10.4. The quantitative estimate of drug-likeness (QED) is 0.328. The van der Waals surface area contributed by atoms with Crippen LogP contribution in [0, 0.1) is 23.7 Å². The molecule has 6 nitrogen and oxygen atoms in total. The fourth-order valence-corrected chi connectivity index (χ4v) is 6.49. The lowest BCUT2D eigenvalue weighted by Crippen LogP contribution is -2.33. The van der Waals surface area contributed by atoms with E-state index in [0.717, 1.165) is 51.6 Å². The number of rotatable bonds is 11. The van der Waals surface area contributed by atoms with E-state index < -0.39 is 0 Å². The molecule has 0 bridgehead atoms. The number of esters is 2. The van der Waals surface area contributed by atoms with Gasteiger partial charge in [-0.1, -0.05) is 87.4 Å². The summed E-state index contributed by atoms with van der Waals surface area (Å²) >= 11 is 0. The molecule has 2 aliphatic carbocycles. The van der Waals surface area contributed by atoms with Crippen LogP contribution in [0.4, 0.5) is 0 Å². The summed E-state index contributed by atoms with van der Waals surface area (Å²) in [6, 6.07) is 21.9. The Kier molecular flexibility index (Phi) is 13.2. The highest BCUT2D eigenvalue weighted by Crippen LogP contribution is 2.39. The number of ether oxygens (including phenoxy) is 2. The number of nitrogens with zero attached hydrogens (tertiary/aromatic N) is 1. The van der Waals surface area contributed by atoms with Gasteiger partial charge in [-0.25, -0.2) is 0 Å². The van der Waals surface area contributed by atoms with Crippen LogP contribution >= 0.6 is 0 Å². The van der Waals surface area contributed by atoms with Crippen LogP contribution in [-0.2, 0) is 32.2 Å². The van der Waals surface area contributed by atoms with Crippen molar-refractivity contribution in [2.75, 3.05) is 13.2 Å². The zero-order chi connectivity index (χ0) is 28.9. The van der Waals surface area contributed by atoms with E-state index in [1.807, 2.05) is 13.8 Å². The van der Waals surface area contributed by atoms with Gasteiger partial charge in [-0.2, -0.15) is 0 Å². The number of benzene rings is 2. The third-order valence-electron chi connectivity index (χ3n) is 8.60. The summed E-state index contributed by atoms with van der Waals surface area (Å²) in [4.78, 5) is 26.5. The lowest BCUT2D eigenvalue weighted by Gasteiger charge is -2.29. The van der Waals surface area contributed by atoms with Crippen LogP contribution in [0.5, 0.6) is 0 Å². The number of nitrogens with two attached hydrogens (primary N) is 1. The van der Waals surface area contributed by atoms with Crippen molar-refractivity contribution in [2.45, 2.75) is 91.4 Å². The zero-order valence-corrected chi connectivity index (χ0v) is 25.0. The maximum absolute atomic E-state index is 12.5. The van der Waals surface area contributed by atoms with Crippen LogP contribution in [0.1, 0.15) is 77.3 Å². The van der Waals surface area contributed by atoms with Crippen LogP contribution < -0.4 is 5.73 Å². The fourth-order valence-electron chi connectivity index (χ4n) is 6.49. The van der Waals surface area contributed by atoms with E-state index in [1.54, 1.807) is 0 Å². The van der Waals surface area contributed by atoms with E-state index >= 15 is 0 Å². The maximum atomic E-state index is 12.5. The standard InChI is InChI=1S/C24H31NO2.C10H19NO2/c1-3-21-15-22(16-23(21)24(26)27-4-2)25(17-19-11-7-5-8-12-19)18-20-13-9-6-10-14-20;1-3-7-5-8(11)6-9(7)10(12)13-4-2/h5-14,21-23H,3-4,15-18H2,1-2H3;7-9H,3-6,11H2,1-2H3. The molecule has 40 heavy (non-hydrogen) atoms. The first-order chi connectivity index (χ1) is 19.4. The number of carbonyl (C=O) groups is 2. The van der Waals surface area contributed by atoms with Crippen molar-refractivity contribution in [1.82, 2.24) is 4.90 Å². The minimum atomic E-state index is -0.0534. The average molecular weight is 551 g/mol. The Labute approximate surface area is 241 Å². The number of carbonyl (C=O) groups excluding carboxylic acids is 2. The van der Waals surface area contributed by atoms with Gasteiger partial charge in [-0.05, 0) is 62.5 Å². The van der Waals surface area contributed by atoms with E-state index in [-0.39, 0.29) is 29.8 Å². The van der Waals surface area contributed by atoms with Crippen molar-refractivity contribution in [3.05, 3.63) is 71.8 Å². The Balaban J connectivity index is 0.000000285. The van der Waals surface area contributed by atoms with E-state index in [0.29, 0.717) is 31.1 Å². The average Bonchev–Trinajstić information content (AvgIpc) is 3.58. The van der Waals surface area contributed by atoms with Crippen molar-refractivity contribution in [3.8, 4) is 0 Å². The summed E-state index contributed by atoms with van der Waals surface area (Å²) in [5, 5.41) is 0. The molecule has 6 heteroatoms. The van der Waals surface area contributed by atoms with Crippen molar-refractivity contribution >= 4 is 11.9 Å². The van der Waals surface area contributed by atoms with Crippen molar-refractivity contribution in [3.63, 3.8) is 0 Å². The second-order valence-electron chi connectivity index (χ2n) is 11.3. The van der Waals surface area contributed by atoms with Gasteiger partial charge in [0.05, 0.1) is 25.0 Å². The normalized spacial score (nSPS) is 25.8. The van der Waals surface area contributed by atoms with Crippen LogP contribution in [-0.4, -0.2) is 42.1 Å². The molecule has 0 heterocycles. The Morgan fingerprint density at radius 1 is 0.700 bits per heavy atom. The molecule has 0 aliphatic heterocycles. The molecule has 4 rings (SSSR count). The Morgan fingerprint density at radius 3 is 1.60 bits per heavy atom. The molecular weight excluding hydrogens is 500 g/mol. The highest BCUT2D eigenvalue weighted by molar-refractivity contribution is 5.73. The molecule has 6 unspecified atom stereocenters. The molecule has 2 N–H and O–H groups in total. The van der Waals surface area contributed by atoms with Gasteiger partial charge >= 0.3 is 11.9 Å². The van der Waals surface area contributed by atoms with Gasteiger partial charge in [0.2, 0.25) is 0 Å². The van der Waals surface area contributed by atoms with Gasteiger partial charge in [0.1, 0.15) is 0 Å². The largest absolute Gasteiger partial charge is 0.466 e. The Morgan fingerprint density at radius 2 is 1.15 bits per heavy atom. The lowest BCUT2D eigenvalue weighted by atomic mass is 9.94. The van der Waals surface area contributed by atoms with Crippen LogP contribution in [0.2, 0.25) is 0 Å². The fraction of sp³-hybridized carbons (Fsp3) is 0.588. The van der Waals surface area contributed by atoms with Gasteiger partial charge in [-0.15, -0.1) is 0 Å². The van der Waals surface area contributed by atoms with Gasteiger partial charge < -0.3 is 15.2 Å². The molecule has 0 saturated heterocycles. The SMILES string of the molecule is CCOC(=O)C1CC(N(Cc2ccccc2)Cc2ccccc2)CC1CC.CCOC(=O)C1CC(N)CC1CC. The molecule has 2 aromatic carbocycles. The third kappa shape index (κ3) is 9.17. The van der Waals surface area contributed by atoms with Gasteiger partial charge in [0.15, 0.2) is 0 Å². The molecule has 220 valence electrons. The topological polar surface area (TPSA) is 81.9 Å². The maximum Gasteiger partial charge on any atom is 0.309 e. The van der Waals surface area contributed by atoms with Crippen molar-refractivity contribution in [2.24, 2.45) is 29.4 Å². The highest BCUT2D eigenvalue weighted by atomic mass is 16.5. The Hall–Kier alpha value is -2.70. The first-order valence-corrected chi connectivity index (χ1v) is 15.3. The first kappa shape index (κ1) is 31.8. The van der Waals surface area contributed by atoms with Gasteiger partial charge in [0.25, 0.3) is 0 Å². The first-order valence-electron chi connectivity index (χ1n) is 15.3. The summed E-state index contributed by atoms with van der Waals surface area (Å²) in [5.74, 6) is 0.889. The monoisotopic (exact) mass is 550 g/mol. The molecule has 6 atom stereocenters. The van der Waals surface area contributed by atoms with Crippen molar-refractivity contribution < 1.29 is 19.1 Å². The summed E-state index contributed by atoms with van der Waals surface area (Å²) in [5.41, 5.74) is 8.46. The van der Waals surface area contributed by atoms with E-state index in [4.69, 9.17) is 15.2 Å². The third-order valence-corrected chi connectivity index (χ3v) is 8.60. The van der Waals surface area contributed by atoms with E-state index in [1.165, 1.54) is 11.1 Å². The zero-order valence-electron chi connectivity index (χ0n) is 25.0. The summed E-state index contributed by atoms with van der Waals surface area (Å²) in [7, 11) is 0. The molecule has 2 fully saturated rings. The molecule has 0 aromatic heterocycles. The molecule has 0 radical (unpaired) electrons. The molecule has 0 amide bonds. The summed E-state index contributed by atoms with van der Waals surface area (Å²) in [6.45, 7) is 10.8. The Bertz CT molecular complexity index is 974. The second-order valence-corrected chi connectivity index (χ2v) is 11.3. The van der Waals surface area contributed by atoms with Crippen molar-refractivity contribution in [1.29, 1.82) is 0 Å². The number of hydrogen-bond donors (Lipinski definition) is 1. The number of hydrogen-bond acceptors (Lipinski definition) is 6. The molecule has 2 aromatic rings.